The Kier molecular flexibility index (Phi) is 6.50. The standard InChI is InChI=1S/C22H20ClFN4O3/c1-12-4-5-15(10-20(12)25-14(3)29)19-8-9-21(30)28(27-19)13(2)22(31)26-16-6-7-18(24)17(23)11-16/h4-11,13H,1-3H3,(H,25,29)(H,26,31). The summed E-state index contributed by atoms with van der Waals surface area (Å²) in [5.41, 5.74) is 2.46. The molecule has 0 fully saturated rings. The lowest BCUT2D eigenvalue weighted by Gasteiger charge is -2.16. The normalized spacial score (nSPS) is 11.6. The fourth-order valence-electron chi connectivity index (χ4n) is 2.89. The molecule has 1 aromatic heterocycles. The van der Waals surface area contributed by atoms with E-state index in [1.807, 2.05) is 19.1 Å². The maximum Gasteiger partial charge on any atom is 0.267 e. The molecule has 3 aromatic rings. The SMILES string of the molecule is CC(=O)Nc1cc(-c2ccc(=O)n(C(C)C(=O)Nc3ccc(F)c(Cl)c3)n2)ccc1C. The van der Waals surface area contributed by atoms with Crippen LogP contribution in [0.5, 0.6) is 0 Å². The van der Waals surface area contributed by atoms with Gasteiger partial charge in [-0.25, -0.2) is 9.07 Å². The zero-order valence-electron chi connectivity index (χ0n) is 17.1. The number of hydrogen-bond acceptors (Lipinski definition) is 4. The number of carbonyl (C=O) groups is 2. The van der Waals surface area contributed by atoms with Crippen molar-refractivity contribution in [3.63, 3.8) is 0 Å². The molecule has 0 saturated heterocycles. The summed E-state index contributed by atoms with van der Waals surface area (Å²) in [6.07, 6.45) is 0. The molecule has 0 radical (unpaired) electrons. The van der Waals surface area contributed by atoms with E-state index in [0.717, 1.165) is 16.3 Å². The fourth-order valence-corrected chi connectivity index (χ4v) is 3.07. The molecule has 2 amide bonds. The van der Waals surface area contributed by atoms with Crippen LogP contribution in [-0.4, -0.2) is 21.6 Å². The quantitative estimate of drug-likeness (QED) is 0.620. The monoisotopic (exact) mass is 442 g/mol. The molecular formula is C22H20ClFN4O3. The molecule has 1 atom stereocenters. The van der Waals surface area contributed by atoms with Gasteiger partial charge in [0.05, 0.1) is 10.7 Å². The van der Waals surface area contributed by atoms with Gasteiger partial charge in [0.2, 0.25) is 11.8 Å². The lowest BCUT2D eigenvalue weighted by molar-refractivity contribution is -0.119. The van der Waals surface area contributed by atoms with E-state index in [0.29, 0.717) is 22.6 Å². The molecule has 0 aliphatic heterocycles. The number of amides is 2. The van der Waals surface area contributed by atoms with E-state index in [4.69, 9.17) is 11.6 Å². The number of nitrogens with zero attached hydrogens (tertiary/aromatic N) is 2. The summed E-state index contributed by atoms with van der Waals surface area (Å²) in [4.78, 5) is 36.4. The van der Waals surface area contributed by atoms with E-state index in [1.54, 1.807) is 12.1 Å². The first-order chi connectivity index (χ1) is 14.7. The van der Waals surface area contributed by atoms with Gasteiger partial charge in [-0.15, -0.1) is 0 Å². The Morgan fingerprint density at radius 1 is 1.10 bits per heavy atom. The molecule has 31 heavy (non-hydrogen) atoms. The van der Waals surface area contributed by atoms with Gasteiger partial charge in [-0.1, -0.05) is 23.7 Å². The van der Waals surface area contributed by atoms with Crippen LogP contribution in [0.2, 0.25) is 5.02 Å². The first-order valence-electron chi connectivity index (χ1n) is 9.40. The Bertz CT molecular complexity index is 1230. The summed E-state index contributed by atoms with van der Waals surface area (Å²) in [6.45, 7) is 4.80. The van der Waals surface area contributed by atoms with Gasteiger partial charge < -0.3 is 10.6 Å². The van der Waals surface area contributed by atoms with E-state index in [9.17, 15) is 18.8 Å². The van der Waals surface area contributed by atoms with Crippen molar-refractivity contribution in [2.45, 2.75) is 26.8 Å². The van der Waals surface area contributed by atoms with Crippen LogP contribution in [0.3, 0.4) is 0 Å². The Labute approximate surface area is 182 Å². The number of rotatable bonds is 5. The highest BCUT2D eigenvalue weighted by atomic mass is 35.5. The van der Waals surface area contributed by atoms with Gasteiger partial charge >= 0.3 is 0 Å². The van der Waals surface area contributed by atoms with Crippen molar-refractivity contribution < 1.29 is 14.0 Å². The van der Waals surface area contributed by atoms with Crippen molar-refractivity contribution >= 4 is 34.8 Å². The highest BCUT2D eigenvalue weighted by molar-refractivity contribution is 6.31. The van der Waals surface area contributed by atoms with Crippen LogP contribution in [0.4, 0.5) is 15.8 Å². The molecule has 0 aliphatic carbocycles. The fraction of sp³-hybridized carbons (Fsp3) is 0.182. The summed E-state index contributed by atoms with van der Waals surface area (Å²) in [6, 6.07) is 11.1. The molecule has 160 valence electrons. The van der Waals surface area contributed by atoms with E-state index < -0.39 is 23.3 Å². The first kappa shape index (κ1) is 22.2. The number of aryl methyl sites for hydroxylation is 1. The van der Waals surface area contributed by atoms with Crippen LogP contribution >= 0.6 is 11.6 Å². The molecule has 2 aromatic carbocycles. The highest BCUT2D eigenvalue weighted by Crippen LogP contribution is 2.24. The number of benzene rings is 2. The zero-order valence-corrected chi connectivity index (χ0v) is 17.8. The molecule has 1 heterocycles. The summed E-state index contributed by atoms with van der Waals surface area (Å²) in [7, 11) is 0. The summed E-state index contributed by atoms with van der Waals surface area (Å²) < 4.78 is 14.4. The van der Waals surface area contributed by atoms with E-state index in [-0.39, 0.29) is 10.9 Å². The van der Waals surface area contributed by atoms with Crippen molar-refractivity contribution in [3.05, 3.63) is 75.3 Å². The number of aromatic nitrogens is 2. The van der Waals surface area contributed by atoms with Crippen LogP contribution in [0.15, 0.2) is 53.3 Å². The molecule has 2 N–H and O–H groups in total. The lowest BCUT2D eigenvalue weighted by Crippen LogP contribution is -2.33. The molecule has 7 nitrogen and oxygen atoms in total. The molecule has 0 saturated carbocycles. The Morgan fingerprint density at radius 2 is 1.84 bits per heavy atom. The Morgan fingerprint density at radius 3 is 2.52 bits per heavy atom. The molecule has 3 rings (SSSR count). The van der Waals surface area contributed by atoms with Gasteiger partial charge in [-0.2, -0.15) is 5.10 Å². The predicted molar refractivity (Wildman–Crippen MR) is 118 cm³/mol. The first-order valence-corrected chi connectivity index (χ1v) is 9.78. The largest absolute Gasteiger partial charge is 0.326 e. The van der Waals surface area contributed by atoms with Crippen LogP contribution in [0, 0.1) is 12.7 Å². The third-order valence-corrected chi connectivity index (χ3v) is 4.89. The number of carbonyl (C=O) groups excluding carboxylic acids is 2. The summed E-state index contributed by atoms with van der Waals surface area (Å²) >= 11 is 5.74. The molecule has 9 heteroatoms. The summed E-state index contributed by atoms with van der Waals surface area (Å²) in [5.74, 6) is -1.32. The van der Waals surface area contributed by atoms with Crippen molar-refractivity contribution in [3.8, 4) is 11.3 Å². The second-order valence-corrected chi connectivity index (χ2v) is 7.41. The van der Waals surface area contributed by atoms with Gasteiger partial charge in [0.25, 0.3) is 5.56 Å². The number of anilines is 2. The van der Waals surface area contributed by atoms with E-state index in [2.05, 4.69) is 15.7 Å². The minimum Gasteiger partial charge on any atom is -0.326 e. The number of halogens is 2. The second-order valence-electron chi connectivity index (χ2n) is 7.01. The molecule has 0 aliphatic rings. The average molecular weight is 443 g/mol. The van der Waals surface area contributed by atoms with Crippen molar-refractivity contribution in [1.29, 1.82) is 0 Å². The number of hydrogen-bond donors (Lipinski definition) is 2. The zero-order chi connectivity index (χ0) is 22.7. The molecule has 0 spiro atoms. The second kappa shape index (κ2) is 9.09. The highest BCUT2D eigenvalue weighted by Gasteiger charge is 2.19. The van der Waals surface area contributed by atoms with E-state index in [1.165, 1.54) is 32.0 Å². The third-order valence-electron chi connectivity index (χ3n) is 4.60. The van der Waals surface area contributed by atoms with Gasteiger partial charge in [-0.3, -0.25) is 14.4 Å². The van der Waals surface area contributed by atoms with Crippen molar-refractivity contribution in [2.75, 3.05) is 10.6 Å². The van der Waals surface area contributed by atoms with E-state index >= 15 is 0 Å². The predicted octanol–water partition coefficient (Wildman–Crippen LogP) is 4.17. The molecule has 0 bridgehead atoms. The topological polar surface area (TPSA) is 93.1 Å². The maximum atomic E-state index is 13.3. The molecular weight excluding hydrogens is 423 g/mol. The lowest BCUT2D eigenvalue weighted by atomic mass is 10.1. The van der Waals surface area contributed by atoms with Gasteiger partial charge in [0.1, 0.15) is 11.9 Å². The van der Waals surface area contributed by atoms with Crippen LogP contribution < -0.4 is 16.2 Å². The minimum atomic E-state index is -0.948. The number of nitrogens with one attached hydrogen (secondary N) is 2. The Hall–Kier alpha value is -3.52. The van der Waals surface area contributed by atoms with Crippen molar-refractivity contribution in [1.82, 2.24) is 9.78 Å². The Balaban J connectivity index is 1.90. The minimum absolute atomic E-state index is 0.128. The van der Waals surface area contributed by atoms with Crippen molar-refractivity contribution in [2.24, 2.45) is 0 Å². The van der Waals surface area contributed by atoms with Gasteiger partial charge in [-0.05, 0) is 49.7 Å². The summed E-state index contributed by atoms with van der Waals surface area (Å²) in [5, 5.41) is 9.55. The van der Waals surface area contributed by atoms with Crippen LogP contribution in [0.1, 0.15) is 25.5 Å². The van der Waals surface area contributed by atoms with Gasteiger partial charge in [0, 0.05) is 29.9 Å². The third kappa shape index (κ3) is 5.16. The smallest absolute Gasteiger partial charge is 0.267 e. The van der Waals surface area contributed by atoms with Gasteiger partial charge in [0.15, 0.2) is 0 Å². The average Bonchev–Trinajstić information content (AvgIpc) is 2.72. The molecule has 1 unspecified atom stereocenters. The van der Waals surface area contributed by atoms with Crippen LogP contribution in [-0.2, 0) is 9.59 Å². The maximum absolute atomic E-state index is 13.3. The van der Waals surface area contributed by atoms with Crippen LogP contribution in [0.25, 0.3) is 11.3 Å².